The van der Waals surface area contributed by atoms with E-state index < -0.39 is 0 Å². The van der Waals surface area contributed by atoms with Crippen molar-refractivity contribution in [1.82, 2.24) is 4.98 Å². The van der Waals surface area contributed by atoms with E-state index in [9.17, 15) is 4.79 Å². The van der Waals surface area contributed by atoms with Crippen LogP contribution in [0.25, 0.3) is 0 Å². The van der Waals surface area contributed by atoms with Gasteiger partial charge in [-0.1, -0.05) is 6.92 Å². The van der Waals surface area contributed by atoms with Crippen molar-refractivity contribution >= 4 is 5.97 Å². The number of carbonyl (C=O) groups is 1. The van der Waals surface area contributed by atoms with Crippen LogP contribution < -0.4 is 0 Å². The molecule has 0 radical (unpaired) electrons. The molecule has 14 heavy (non-hydrogen) atoms. The molecule has 1 rings (SSSR count). The van der Waals surface area contributed by atoms with Crippen molar-refractivity contribution in [3.63, 3.8) is 0 Å². The maximum absolute atomic E-state index is 11.0. The molecule has 0 aliphatic carbocycles. The van der Waals surface area contributed by atoms with Gasteiger partial charge >= 0.3 is 5.97 Å². The molecule has 0 atom stereocenters. The second kappa shape index (κ2) is 5.42. The zero-order valence-corrected chi connectivity index (χ0v) is 8.58. The summed E-state index contributed by atoms with van der Waals surface area (Å²) in [4.78, 5) is 15.2. The summed E-state index contributed by atoms with van der Waals surface area (Å²) in [5, 5.41) is 0. The Kier molecular flexibility index (Phi) is 4.16. The number of oxazole rings is 1. The zero-order valence-electron chi connectivity index (χ0n) is 8.58. The fraction of sp³-hybridized carbons (Fsp3) is 0.600. The summed E-state index contributed by atoms with van der Waals surface area (Å²) in [5.74, 6) is 0.525. The van der Waals surface area contributed by atoms with Gasteiger partial charge in [0.05, 0.1) is 18.7 Å². The molecular formula is C10H15NO3. The molecule has 0 N–H and O–H groups in total. The molecule has 0 aliphatic rings. The number of ether oxygens (including phenoxy) is 1. The first kappa shape index (κ1) is 10.8. The van der Waals surface area contributed by atoms with Crippen molar-refractivity contribution in [2.24, 2.45) is 0 Å². The van der Waals surface area contributed by atoms with Gasteiger partial charge in [-0.15, -0.1) is 0 Å². The molecule has 4 nitrogen and oxygen atoms in total. The van der Waals surface area contributed by atoms with Crippen LogP contribution in [0.4, 0.5) is 0 Å². The summed E-state index contributed by atoms with van der Waals surface area (Å²) >= 11 is 0. The third-order valence-corrected chi connectivity index (χ3v) is 1.79. The van der Waals surface area contributed by atoms with Crippen molar-refractivity contribution in [2.45, 2.75) is 33.1 Å². The predicted molar refractivity (Wildman–Crippen MR) is 50.8 cm³/mol. The summed E-state index contributed by atoms with van der Waals surface area (Å²) in [6.07, 6.45) is 3.32. The first-order chi connectivity index (χ1) is 6.76. The number of carbonyl (C=O) groups excluding carboxylic acids is 1. The van der Waals surface area contributed by atoms with Crippen LogP contribution in [0.5, 0.6) is 0 Å². The number of nitrogens with zero attached hydrogens (tertiary/aromatic N) is 1. The van der Waals surface area contributed by atoms with Crippen molar-refractivity contribution in [3.8, 4) is 0 Å². The van der Waals surface area contributed by atoms with Gasteiger partial charge in [-0.2, -0.15) is 0 Å². The van der Waals surface area contributed by atoms with E-state index in [4.69, 9.17) is 9.15 Å². The first-order valence-electron chi connectivity index (χ1n) is 4.85. The van der Waals surface area contributed by atoms with E-state index in [1.165, 1.54) is 0 Å². The normalized spacial score (nSPS) is 10.1. The maximum atomic E-state index is 11.0. The van der Waals surface area contributed by atoms with Crippen LogP contribution in [-0.4, -0.2) is 17.6 Å². The van der Waals surface area contributed by atoms with Crippen LogP contribution in [0.15, 0.2) is 10.7 Å². The lowest BCUT2D eigenvalue weighted by Gasteiger charge is -1.98. The van der Waals surface area contributed by atoms with Crippen molar-refractivity contribution in [2.75, 3.05) is 6.61 Å². The fourth-order valence-corrected chi connectivity index (χ4v) is 1.09. The highest BCUT2D eigenvalue weighted by atomic mass is 16.5. The molecule has 0 aliphatic heterocycles. The van der Waals surface area contributed by atoms with Gasteiger partial charge in [-0.25, -0.2) is 4.98 Å². The molecule has 0 aromatic carbocycles. The van der Waals surface area contributed by atoms with Crippen LogP contribution in [0.3, 0.4) is 0 Å². The Morgan fingerprint density at radius 2 is 2.36 bits per heavy atom. The summed E-state index contributed by atoms with van der Waals surface area (Å²) in [6, 6.07) is 0. The molecule has 1 aromatic rings. The van der Waals surface area contributed by atoms with Gasteiger partial charge in [0.15, 0.2) is 5.89 Å². The quantitative estimate of drug-likeness (QED) is 0.674. The van der Waals surface area contributed by atoms with E-state index >= 15 is 0 Å². The van der Waals surface area contributed by atoms with Crippen LogP contribution in [-0.2, 0) is 22.4 Å². The van der Waals surface area contributed by atoms with Gasteiger partial charge in [0, 0.05) is 12.8 Å². The van der Waals surface area contributed by atoms with E-state index in [0.29, 0.717) is 25.3 Å². The van der Waals surface area contributed by atoms with Gasteiger partial charge < -0.3 is 9.15 Å². The van der Waals surface area contributed by atoms with Crippen LogP contribution in [0.1, 0.15) is 31.9 Å². The largest absolute Gasteiger partial charge is 0.466 e. The summed E-state index contributed by atoms with van der Waals surface area (Å²) in [6.45, 7) is 4.20. The van der Waals surface area contributed by atoms with Crippen molar-refractivity contribution < 1.29 is 13.9 Å². The second-order valence-electron chi connectivity index (χ2n) is 2.89. The standard InChI is InChI=1S/C10H15NO3/c1-3-9-11-8(7-14-9)5-6-10(12)13-4-2/h7H,3-6H2,1-2H3. The third-order valence-electron chi connectivity index (χ3n) is 1.79. The number of hydrogen-bond donors (Lipinski definition) is 0. The van der Waals surface area contributed by atoms with Gasteiger partial charge in [-0.05, 0) is 6.92 Å². The highest BCUT2D eigenvalue weighted by Crippen LogP contribution is 2.05. The molecule has 78 valence electrons. The minimum Gasteiger partial charge on any atom is -0.466 e. The Labute approximate surface area is 83.3 Å². The Bertz CT molecular complexity index is 293. The highest BCUT2D eigenvalue weighted by Gasteiger charge is 2.06. The monoisotopic (exact) mass is 197 g/mol. The molecule has 0 saturated carbocycles. The third kappa shape index (κ3) is 3.20. The minimum absolute atomic E-state index is 0.187. The smallest absolute Gasteiger partial charge is 0.306 e. The van der Waals surface area contributed by atoms with Gasteiger partial charge in [0.2, 0.25) is 0 Å². The molecule has 0 amide bonds. The van der Waals surface area contributed by atoms with Gasteiger partial charge in [0.1, 0.15) is 6.26 Å². The number of esters is 1. The maximum Gasteiger partial charge on any atom is 0.306 e. The Balaban J connectivity index is 2.34. The lowest BCUT2D eigenvalue weighted by atomic mass is 10.2. The molecule has 1 aromatic heterocycles. The Morgan fingerprint density at radius 1 is 1.57 bits per heavy atom. The van der Waals surface area contributed by atoms with E-state index in [1.54, 1.807) is 13.2 Å². The molecule has 0 fully saturated rings. The Morgan fingerprint density at radius 3 is 2.93 bits per heavy atom. The second-order valence-corrected chi connectivity index (χ2v) is 2.89. The molecule has 1 heterocycles. The first-order valence-corrected chi connectivity index (χ1v) is 4.85. The molecule has 0 spiro atoms. The summed E-state index contributed by atoms with van der Waals surface area (Å²) < 4.78 is 9.94. The molecule has 4 heteroatoms. The molecule has 0 unspecified atom stereocenters. The molecular weight excluding hydrogens is 182 g/mol. The van der Waals surface area contributed by atoms with E-state index in [0.717, 1.165) is 12.1 Å². The summed E-state index contributed by atoms with van der Waals surface area (Å²) in [7, 11) is 0. The number of aromatic nitrogens is 1. The number of rotatable bonds is 5. The van der Waals surface area contributed by atoms with Crippen LogP contribution >= 0.6 is 0 Å². The number of hydrogen-bond acceptors (Lipinski definition) is 4. The van der Waals surface area contributed by atoms with Crippen molar-refractivity contribution in [3.05, 3.63) is 17.8 Å². The highest BCUT2D eigenvalue weighted by molar-refractivity contribution is 5.69. The van der Waals surface area contributed by atoms with Crippen molar-refractivity contribution in [1.29, 1.82) is 0 Å². The lowest BCUT2D eigenvalue weighted by Crippen LogP contribution is -2.05. The predicted octanol–water partition coefficient (Wildman–Crippen LogP) is 1.73. The average Bonchev–Trinajstić information content (AvgIpc) is 2.63. The average molecular weight is 197 g/mol. The van der Waals surface area contributed by atoms with Crippen LogP contribution in [0.2, 0.25) is 0 Å². The van der Waals surface area contributed by atoms with Gasteiger partial charge in [-0.3, -0.25) is 4.79 Å². The van der Waals surface area contributed by atoms with E-state index in [1.807, 2.05) is 6.92 Å². The summed E-state index contributed by atoms with van der Waals surface area (Å²) in [5.41, 5.74) is 0.815. The fourth-order valence-electron chi connectivity index (χ4n) is 1.09. The molecule has 0 saturated heterocycles. The Hall–Kier alpha value is -1.32. The SMILES string of the molecule is CCOC(=O)CCc1coc(CC)n1. The topological polar surface area (TPSA) is 52.3 Å². The number of aryl methyl sites for hydroxylation is 2. The minimum atomic E-state index is -0.187. The lowest BCUT2D eigenvalue weighted by molar-refractivity contribution is -0.143. The van der Waals surface area contributed by atoms with Gasteiger partial charge in [0.25, 0.3) is 0 Å². The molecule has 0 bridgehead atoms. The zero-order chi connectivity index (χ0) is 10.4. The van der Waals surface area contributed by atoms with E-state index in [2.05, 4.69) is 4.98 Å². The van der Waals surface area contributed by atoms with Crippen LogP contribution in [0, 0.1) is 0 Å². The van der Waals surface area contributed by atoms with E-state index in [-0.39, 0.29) is 5.97 Å².